The molecular weight excluding hydrogens is 294 g/mol. The van der Waals surface area contributed by atoms with Crippen LogP contribution >= 0.6 is 0 Å². The van der Waals surface area contributed by atoms with Crippen molar-refractivity contribution in [2.45, 2.75) is 26.4 Å². The number of aromatic nitrogens is 4. The minimum Gasteiger partial charge on any atom is -0.497 e. The van der Waals surface area contributed by atoms with Crippen molar-refractivity contribution in [2.75, 3.05) is 12.4 Å². The summed E-state index contributed by atoms with van der Waals surface area (Å²) >= 11 is 0. The van der Waals surface area contributed by atoms with Crippen LogP contribution in [0.15, 0.2) is 35.3 Å². The summed E-state index contributed by atoms with van der Waals surface area (Å²) in [5.41, 5.74) is 1.45. The van der Waals surface area contributed by atoms with Gasteiger partial charge in [0, 0.05) is 12.6 Å². The van der Waals surface area contributed by atoms with E-state index in [1.807, 2.05) is 38.1 Å². The van der Waals surface area contributed by atoms with Crippen LogP contribution in [0.3, 0.4) is 0 Å². The maximum atomic E-state index is 12.1. The number of nitrogens with zero attached hydrogens (tertiary/aromatic N) is 3. The SMILES string of the molecule is COc1ccc(CNc2nc3c(cnn3C(C)C)c(=O)[nH]2)cc1. The smallest absolute Gasteiger partial charge is 0.263 e. The predicted molar refractivity (Wildman–Crippen MR) is 88.9 cm³/mol. The number of fused-ring (bicyclic) bond motifs is 1. The molecular formula is C16H19N5O2. The van der Waals surface area contributed by atoms with Gasteiger partial charge in [0.1, 0.15) is 11.1 Å². The van der Waals surface area contributed by atoms with Gasteiger partial charge in [-0.15, -0.1) is 0 Å². The molecule has 2 aromatic heterocycles. The van der Waals surface area contributed by atoms with Crippen LogP contribution in [-0.2, 0) is 6.54 Å². The molecule has 2 heterocycles. The van der Waals surface area contributed by atoms with E-state index >= 15 is 0 Å². The van der Waals surface area contributed by atoms with Crippen LogP contribution in [0.1, 0.15) is 25.5 Å². The zero-order chi connectivity index (χ0) is 16.4. The molecule has 0 aliphatic heterocycles. The van der Waals surface area contributed by atoms with Gasteiger partial charge in [0.2, 0.25) is 5.95 Å². The van der Waals surface area contributed by atoms with Crippen molar-refractivity contribution in [3.63, 3.8) is 0 Å². The number of methoxy groups -OCH3 is 1. The Hall–Kier alpha value is -2.83. The largest absolute Gasteiger partial charge is 0.497 e. The number of nitrogens with one attached hydrogen (secondary N) is 2. The van der Waals surface area contributed by atoms with Crippen molar-refractivity contribution in [1.29, 1.82) is 0 Å². The summed E-state index contributed by atoms with van der Waals surface area (Å²) in [4.78, 5) is 19.3. The van der Waals surface area contributed by atoms with Gasteiger partial charge in [0.05, 0.1) is 13.3 Å². The lowest BCUT2D eigenvalue weighted by molar-refractivity contribution is 0.414. The Morgan fingerprint density at radius 2 is 2.04 bits per heavy atom. The van der Waals surface area contributed by atoms with Gasteiger partial charge in [0.15, 0.2) is 5.65 Å². The van der Waals surface area contributed by atoms with Crippen molar-refractivity contribution in [3.05, 3.63) is 46.4 Å². The van der Waals surface area contributed by atoms with E-state index in [0.717, 1.165) is 11.3 Å². The van der Waals surface area contributed by atoms with Gasteiger partial charge in [-0.25, -0.2) is 4.68 Å². The summed E-state index contributed by atoms with van der Waals surface area (Å²) in [6.45, 7) is 4.55. The lowest BCUT2D eigenvalue weighted by Gasteiger charge is -2.09. The number of hydrogen-bond donors (Lipinski definition) is 2. The topological polar surface area (TPSA) is 84.8 Å². The van der Waals surface area contributed by atoms with Crippen molar-refractivity contribution in [1.82, 2.24) is 19.7 Å². The van der Waals surface area contributed by atoms with Gasteiger partial charge in [-0.05, 0) is 31.5 Å². The second-order valence-corrected chi connectivity index (χ2v) is 5.54. The van der Waals surface area contributed by atoms with Crippen molar-refractivity contribution in [2.24, 2.45) is 0 Å². The van der Waals surface area contributed by atoms with Crippen molar-refractivity contribution in [3.8, 4) is 5.75 Å². The molecule has 0 spiro atoms. The minimum absolute atomic E-state index is 0.135. The summed E-state index contributed by atoms with van der Waals surface area (Å²) in [6.07, 6.45) is 1.55. The first kappa shape index (κ1) is 15.1. The zero-order valence-electron chi connectivity index (χ0n) is 13.3. The number of H-pyrrole nitrogens is 1. The molecule has 0 atom stereocenters. The highest BCUT2D eigenvalue weighted by molar-refractivity contribution is 5.74. The number of rotatable bonds is 5. The number of aromatic amines is 1. The van der Waals surface area contributed by atoms with Crippen LogP contribution in [-0.4, -0.2) is 26.9 Å². The summed E-state index contributed by atoms with van der Waals surface area (Å²) in [6, 6.07) is 7.84. The van der Waals surface area contributed by atoms with Crippen LogP contribution < -0.4 is 15.6 Å². The van der Waals surface area contributed by atoms with E-state index < -0.39 is 0 Å². The van der Waals surface area contributed by atoms with Crippen LogP contribution in [0.4, 0.5) is 5.95 Å². The molecule has 3 aromatic rings. The van der Waals surface area contributed by atoms with E-state index in [1.165, 1.54) is 0 Å². The van der Waals surface area contributed by atoms with Crippen LogP contribution in [0, 0.1) is 0 Å². The van der Waals surface area contributed by atoms with Gasteiger partial charge in [0.25, 0.3) is 5.56 Å². The predicted octanol–water partition coefficient (Wildman–Crippen LogP) is 2.32. The van der Waals surface area contributed by atoms with Gasteiger partial charge in [-0.3, -0.25) is 9.78 Å². The van der Waals surface area contributed by atoms with E-state index in [1.54, 1.807) is 18.0 Å². The summed E-state index contributed by atoms with van der Waals surface area (Å²) in [5.74, 6) is 1.24. The first-order chi connectivity index (χ1) is 11.1. The number of ether oxygens (including phenoxy) is 1. The Morgan fingerprint density at radius 1 is 1.30 bits per heavy atom. The first-order valence-corrected chi connectivity index (χ1v) is 7.43. The highest BCUT2D eigenvalue weighted by Gasteiger charge is 2.11. The van der Waals surface area contributed by atoms with E-state index in [2.05, 4.69) is 20.4 Å². The van der Waals surface area contributed by atoms with Crippen LogP contribution in [0.5, 0.6) is 5.75 Å². The molecule has 0 fully saturated rings. The molecule has 23 heavy (non-hydrogen) atoms. The lowest BCUT2D eigenvalue weighted by Crippen LogP contribution is -2.14. The molecule has 0 saturated carbocycles. The molecule has 3 rings (SSSR count). The first-order valence-electron chi connectivity index (χ1n) is 7.43. The van der Waals surface area contributed by atoms with Gasteiger partial charge >= 0.3 is 0 Å². The molecule has 2 N–H and O–H groups in total. The Labute approximate surface area is 133 Å². The van der Waals surface area contributed by atoms with E-state index in [9.17, 15) is 4.79 Å². The van der Waals surface area contributed by atoms with Crippen molar-refractivity contribution >= 4 is 17.0 Å². The molecule has 0 radical (unpaired) electrons. The summed E-state index contributed by atoms with van der Waals surface area (Å²) in [7, 11) is 1.63. The van der Waals surface area contributed by atoms with E-state index in [4.69, 9.17) is 4.74 Å². The number of benzene rings is 1. The van der Waals surface area contributed by atoms with Crippen molar-refractivity contribution < 1.29 is 4.74 Å². The standard InChI is InChI=1S/C16H19N5O2/c1-10(2)21-14-13(9-18-21)15(22)20-16(19-14)17-8-11-4-6-12(23-3)7-5-11/h4-7,9-10H,8H2,1-3H3,(H2,17,19,20,22). The highest BCUT2D eigenvalue weighted by atomic mass is 16.5. The zero-order valence-corrected chi connectivity index (χ0v) is 13.3. The van der Waals surface area contributed by atoms with Crippen LogP contribution in [0.25, 0.3) is 11.0 Å². The third-order valence-corrected chi connectivity index (χ3v) is 3.57. The Bertz CT molecular complexity index is 864. The average Bonchev–Trinajstić information content (AvgIpc) is 2.98. The summed E-state index contributed by atoms with van der Waals surface area (Å²) in [5, 5.41) is 7.86. The number of anilines is 1. The molecule has 0 saturated heterocycles. The minimum atomic E-state index is -0.195. The van der Waals surface area contributed by atoms with Crippen LogP contribution in [0.2, 0.25) is 0 Å². The second-order valence-electron chi connectivity index (χ2n) is 5.54. The molecule has 0 bridgehead atoms. The average molecular weight is 313 g/mol. The molecule has 0 unspecified atom stereocenters. The molecule has 7 nitrogen and oxygen atoms in total. The lowest BCUT2D eigenvalue weighted by atomic mass is 10.2. The monoisotopic (exact) mass is 313 g/mol. The van der Waals surface area contributed by atoms with Gasteiger partial charge in [-0.2, -0.15) is 10.1 Å². The quantitative estimate of drug-likeness (QED) is 0.755. The fraction of sp³-hybridized carbons (Fsp3) is 0.312. The molecule has 7 heteroatoms. The third-order valence-electron chi connectivity index (χ3n) is 3.57. The molecule has 0 aliphatic rings. The van der Waals surface area contributed by atoms with E-state index in [0.29, 0.717) is 23.5 Å². The maximum Gasteiger partial charge on any atom is 0.263 e. The Balaban J connectivity index is 1.84. The fourth-order valence-corrected chi connectivity index (χ4v) is 2.33. The third kappa shape index (κ3) is 3.03. The highest BCUT2D eigenvalue weighted by Crippen LogP contribution is 2.15. The normalized spacial score (nSPS) is 11.1. The Morgan fingerprint density at radius 3 is 2.70 bits per heavy atom. The molecule has 0 aliphatic carbocycles. The van der Waals surface area contributed by atoms with Gasteiger partial charge < -0.3 is 10.1 Å². The maximum absolute atomic E-state index is 12.1. The molecule has 0 amide bonds. The number of hydrogen-bond acceptors (Lipinski definition) is 5. The second kappa shape index (κ2) is 6.12. The Kier molecular flexibility index (Phi) is 4.01. The van der Waals surface area contributed by atoms with Gasteiger partial charge in [-0.1, -0.05) is 12.1 Å². The molecule has 1 aromatic carbocycles. The summed E-state index contributed by atoms with van der Waals surface area (Å²) < 4.78 is 6.87. The molecule has 120 valence electrons. The fourth-order valence-electron chi connectivity index (χ4n) is 2.33. The van der Waals surface area contributed by atoms with E-state index in [-0.39, 0.29) is 11.6 Å².